The molecule has 0 aliphatic carbocycles. The first-order valence-electron chi connectivity index (χ1n) is 7.80. The lowest BCUT2D eigenvalue weighted by Crippen LogP contribution is -2.23. The molecule has 1 aliphatic heterocycles. The first kappa shape index (κ1) is 15.3. The van der Waals surface area contributed by atoms with Crippen LogP contribution in [0.15, 0.2) is 28.8 Å². The number of ether oxygens (including phenoxy) is 1. The summed E-state index contributed by atoms with van der Waals surface area (Å²) < 4.78 is 10.2. The lowest BCUT2D eigenvalue weighted by molar-refractivity contribution is 0.181. The van der Waals surface area contributed by atoms with Crippen LogP contribution in [-0.2, 0) is 11.2 Å². The highest BCUT2D eigenvalue weighted by Gasteiger charge is 2.23. The maximum Gasteiger partial charge on any atom is 0.414 e. The van der Waals surface area contributed by atoms with Gasteiger partial charge in [-0.3, -0.25) is 4.90 Å². The van der Waals surface area contributed by atoms with E-state index in [1.807, 2.05) is 31.2 Å². The number of aryl methyl sites for hydroxylation is 1. The number of hydrogen-bond donors (Lipinski definition) is 1. The second kappa shape index (κ2) is 6.68. The number of hydrogen-bond acceptors (Lipinski definition) is 6. The smallest absolute Gasteiger partial charge is 0.414 e. The van der Waals surface area contributed by atoms with E-state index in [1.165, 1.54) is 0 Å². The van der Waals surface area contributed by atoms with E-state index in [-0.39, 0.29) is 12.1 Å². The molecule has 1 aromatic carbocycles. The van der Waals surface area contributed by atoms with Crippen LogP contribution in [0, 0.1) is 0 Å². The quantitative estimate of drug-likeness (QED) is 0.881. The lowest BCUT2D eigenvalue weighted by atomic mass is 10.2. The Balaban J connectivity index is 1.64. The van der Waals surface area contributed by atoms with Crippen LogP contribution in [0.4, 0.5) is 16.2 Å². The van der Waals surface area contributed by atoms with Gasteiger partial charge < -0.3 is 14.6 Å². The maximum atomic E-state index is 11.5. The summed E-state index contributed by atoms with van der Waals surface area (Å²) in [5.74, 6) is 1.31. The first-order valence-corrected chi connectivity index (χ1v) is 7.80. The van der Waals surface area contributed by atoms with Gasteiger partial charge in [0.15, 0.2) is 5.82 Å². The summed E-state index contributed by atoms with van der Waals surface area (Å²) in [6, 6.07) is 7.52. The van der Waals surface area contributed by atoms with Crippen molar-refractivity contribution in [2.75, 3.05) is 23.4 Å². The molecule has 7 nitrogen and oxygen atoms in total. The zero-order valence-corrected chi connectivity index (χ0v) is 13.3. The van der Waals surface area contributed by atoms with Crippen molar-refractivity contribution >= 4 is 17.5 Å². The molecule has 1 aliphatic rings. The summed E-state index contributed by atoms with van der Waals surface area (Å²) >= 11 is 0. The predicted octanol–water partition coefficient (Wildman–Crippen LogP) is 3.15. The number of rotatable bonds is 6. The van der Waals surface area contributed by atoms with Crippen LogP contribution in [0.5, 0.6) is 0 Å². The van der Waals surface area contributed by atoms with Crippen molar-refractivity contribution in [2.45, 2.75) is 32.7 Å². The summed E-state index contributed by atoms with van der Waals surface area (Å²) in [6.07, 6.45) is 1.51. The lowest BCUT2D eigenvalue weighted by Gasteiger charge is -2.15. The van der Waals surface area contributed by atoms with Gasteiger partial charge in [-0.05, 0) is 37.6 Å². The second-order valence-corrected chi connectivity index (χ2v) is 5.48. The van der Waals surface area contributed by atoms with Crippen molar-refractivity contribution in [3.63, 3.8) is 0 Å². The third-order valence-corrected chi connectivity index (χ3v) is 3.65. The Bertz CT molecular complexity index is 668. The summed E-state index contributed by atoms with van der Waals surface area (Å²) in [6.45, 7) is 5.07. The molecule has 1 amide bonds. The number of anilines is 2. The van der Waals surface area contributed by atoms with Crippen molar-refractivity contribution < 1.29 is 14.1 Å². The number of amides is 1. The minimum Gasteiger partial charge on any atom is -0.447 e. The van der Waals surface area contributed by atoms with Gasteiger partial charge in [-0.15, -0.1) is 0 Å². The van der Waals surface area contributed by atoms with Crippen LogP contribution in [-0.4, -0.2) is 29.4 Å². The van der Waals surface area contributed by atoms with Crippen molar-refractivity contribution in [1.29, 1.82) is 0 Å². The van der Waals surface area contributed by atoms with Gasteiger partial charge in [-0.2, -0.15) is 4.98 Å². The van der Waals surface area contributed by atoms with E-state index >= 15 is 0 Å². The highest BCUT2D eigenvalue weighted by molar-refractivity contribution is 5.89. The topological polar surface area (TPSA) is 80.5 Å². The molecule has 0 saturated carbocycles. The molecule has 3 rings (SSSR count). The van der Waals surface area contributed by atoms with Gasteiger partial charge in [0.1, 0.15) is 12.6 Å². The fourth-order valence-corrected chi connectivity index (χ4v) is 2.45. The van der Waals surface area contributed by atoms with Gasteiger partial charge in [-0.1, -0.05) is 12.1 Å². The maximum absolute atomic E-state index is 11.5. The number of carbonyl (C=O) groups is 1. The van der Waals surface area contributed by atoms with Gasteiger partial charge in [0.05, 0.1) is 6.54 Å². The first-order chi connectivity index (χ1) is 11.2. The Labute approximate surface area is 134 Å². The minimum absolute atomic E-state index is 0.0873. The zero-order chi connectivity index (χ0) is 16.2. The number of cyclic esters (lactones) is 1. The molecule has 1 aromatic heterocycles. The summed E-state index contributed by atoms with van der Waals surface area (Å²) in [5.41, 5.74) is 1.75. The van der Waals surface area contributed by atoms with E-state index in [0.29, 0.717) is 19.0 Å². The van der Waals surface area contributed by atoms with Gasteiger partial charge in [-0.25, -0.2) is 4.79 Å². The molecule has 1 saturated heterocycles. The number of aromatic nitrogens is 2. The highest BCUT2D eigenvalue weighted by Crippen LogP contribution is 2.23. The highest BCUT2D eigenvalue weighted by atomic mass is 16.6. The van der Waals surface area contributed by atoms with Crippen LogP contribution in [0.25, 0.3) is 0 Å². The average Bonchev–Trinajstić information content (AvgIpc) is 3.18. The third kappa shape index (κ3) is 3.44. The van der Waals surface area contributed by atoms with E-state index in [9.17, 15) is 4.79 Å². The van der Waals surface area contributed by atoms with Crippen LogP contribution in [0.3, 0.4) is 0 Å². The van der Waals surface area contributed by atoms with Crippen LogP contribution >= 0.6 is 0 Å². The SMILES string of the molecule is CCCc1noc([C@H](C)Nc2ccc(N3CCOC3=O)cc2)n1. The summed E-state index contributed by atoms with van der Waals surface area (Å²) in [5, 5.41) is 7.27. The monoisotopic (exact) mass is 316 g/mol. The van der Waals surface area contributed by atoms with E-state index < -0.39 is 0 Å². The van der Waals surface area contributed by atoms with Crippen molar-refractivity contribution in [3.05, 3.63) is 36.0 Å². The van der Waals surface area contributed by atoms with E-state index in [1.54, 1.807) is 4.90 Å². The largest absolute Gasteiger partial charge is 0.447 e. The second-order valence-electron chi connectivity index (χ2n) is 5.48. The third-order valence-electron chi connectivity index (χ3n) is 3.65. The molecule has 7 heteroatoms. The number of benzene rings is 1. The van der Waals surface area contributed by atoms with Crippen molar-refractivity contribution in [1.82, 2.24) is 10.1 Å². The Hall–Kier alpha value is -2.57. The molecule has 0 spiro atoms. The van der Waals surface area contributed by atoms with Crippen molar-refractivity contribution in [2.24, 2.45) is 0 Å². The zero-order valence-electron chi connectivity index (χ0n) is 13.3. The molecule has 0 radical (unpaired) electrons. The molecule has 1 N–H and O–H groups in total. The van der Waals surface area contributed by atoms with Crippen molar-refractivity contribution in [3.8, 4) is 0 Å². The molecule has 122 valence electrons. The standard InChI is InChI=1S/C16H20N4O3/c1-3-4-14-18-15(23-19-14)11(2)17-12-5-7-13(8-6-12)20-9-10-22-16(20)21/h5-8,11,17H,3-4,9-10H2,1-2H3/t11-/m0/s1. The molecular formula is C16H20N4O3. The molecule has 0 unspecified atom stereocenters. The Morgan fingerprint density at radius 3 is 2.78 bits per heavy atom. The summed E-state index contributed by atoms with van der Waals surface area (Å²) in [4.78, 5) is 17.5. The molecular weight excluding hydrogens is 296 g/mol. The van der Waals surface area contributed by atoms with E-state index in [4.69, 9.17) is 9.26 Å². The predicted molar refractivity (Wildman–Crippen MR) is 85.5 cm³/mol. The molecule has 1 fully saturated rings. The Kier molecular flexibility index (Phi) is 4.45. The molecule has 0 bridgehead atoms. The summed E-state index contributed by atoms with van der Waals surface area (Å²) in [7, 11) is 0. The molecule has 2 heterocycles. The fourth-order valence-electron chi connectivity index (χ4n) is 2.45. The number of carbonyl (C=O) groups excluding carboxylic acids is 1. The number of nitrogens with zero attached hydrogens (tertiary/aromatic N) is 3. The van der Waals surface area contributed by atoms with Gasteiger partial charge in [0, 0.05) is 17.8 Å². The molecule has 23 heavy (non-hydrogen) atoms. The van der Waals surface area contributed by atoms with Gasteiger partial charge >= 0.3 is 6.09 Å². The van der Waals surface area contributed by atoms with Crippen LogP contribution in [0.1, 0.15) is 38.0 Å². The fraction of sp³-hybridized carbons (Fsp3) is 0.438. The Morgan fingerprint density at radius 1 is 1.35 bits per heavy atom. The van der Waals surface area contributed by atoms with Gasteiger partial charge in [0.2, 0.25) is 5.89 Å². The average molecular weight is 316 g/mol. The van der Waals surface area contributed by atoms with Crippen LogP contribution < -0.4 is 10.2 Å². The normalized spacial score (nSPS) is 15.6. The van der Waals surface area contributed by atoms with E-state index in [0.717, 1.165) is 30.0 Å². The van der Waals surface area contributed by atoms with E-state index in [2.05, 4.69) is 22.4 Å². The minimum atomic E-state index is -0.298. The number of nitrogens with one attached hydrogen (secondary N) is 1. The Morgan fingerprint density at radius 2 is 2.13 bits per heavy atom. The molecule has 1 atom stereocenters. The van der Waals surface area contributed by atoms with Crippen LogP contribution in [0.2, 0.25) is 0 Å². The molecule has 2 aromatic rings. The van der Waals surface area contributed by atoms with Gasteiger partial charge in [0.25, 0.3) is 0 Å².